The first-order valence-corrected chi connectivity index (χ1v) is 15.1. The van der Waals surface area contributed by atoms with E-state index >= 15 is 0 Å². The Morgan fingerprint density at radius 2 is 1.68 bits per heavy atom. The largest absolute Gasteiger partial charge is 0.458 e. The molecule has 4 rings (SSSR count). The molecular formula is C32H48O8. The summed E-state index contributed by atoms with van der Waals surface area (Å²) >= 11 is 0. The van der Waals surface area contributed by atoms with Crippen molar-refractivity contribution in [3.63, 3.8) is 0 Å². The van der Waals surface area contributed by atoms with E-state index in [1.54, 1.807) is 26.0 Å². The average Bonchev–Trinajstić information content (AvgIpc) is 3.31. The van der Waals surface area contributed by atoms with Gasteiger partial charge in [0, 0.05) is 48.9 Å². The van der Waals surface area contributed by atoms with Crippen LogP contribution in [0.2, 0.25) is 0 Å². The number of aliphatic hydroxyl groups is 3. The molecule has 4 aliphatic rings. The van der Waals surface area contributed by atoms with E-state index in [0.29, 0.717) is 17.6 Å². The third kappa shape index (κ3) is 4.58. The van der Waals surface area contributed by atoms with Crippen LogP contribution in [0.3, 0.4) is 0 Å². The van der Waals surface area contributed by atoms with Crippen molar-refractivity contribution >= 4 is 17.7 Å². The number of unbranched alkanes of at least 4 members (excludes halogenated alkanes) is 6. The third-order valence-corrected chi connectivity index (χ3v) is 10.5. The first kappa shape index (κ1) is 30.9. The molecule has 0 saturated heterocycles. The molecular weight excluding hydrogens is 512 g/mol. The second-order valence-electron chi connectivity index (χ2n) is 13.3. The van der Waals surface area contributed by atoms with Gasteiger partial charge in [0.1, 0.15) is 11.7 Å². The fourth-order valence-corrected chi connectivity index (χ4v) is 8.49. The zero-order valence-electron chi connectivity index (χ0n) is 25.0. The number of carbonyl (C=O) groups is 3. The van der Waals surface area contributed by atoms with Crippen molar-refractivity contribution in [2.24, 2.45) is 29.1 Å². The minimum absolute atomic E-state index is 0.108. The molecule has 0 amide bonds. The van der Waals surface area contributed by atoms with Crippen molar-refractivity contribution in [3.8, 4) is 0 Å². The molecule has 2 fully saturated rings. The van der Waals surface area contributed by atoms with E-state index in [-0.39, 0.29) is 19.4 Å². The highest BCUT2D eigenvalue weighted by Crippen LogP contribution is 2.77. The van der Waals surface area contributed by atoms with Crippen molar-refractivity contribution in [3.05, 3.63) is 23.3 Å². The molecule has 8 nitrogen and oxygen atoms in total. The standard InChI is InChI=1S/C32H48O8/c1-7-8-9-10-11-12-13-14-25(35)39-28-20(3)31(38)23(26-29(5,6)32(26,28)40-21(4)34)16-22(18-33)17-30(37)24(31)15-19(2)27(30)36/h15-16,20,23-24,26,28,33,37-38H,7-14,17-18H2,1-6H3. The SMILES string of the molecule is CCCCCCCCCC(=O)OC1C(C)C2(O)C(C=C(CO)CC3(O)C(=O)C(C)=CC32)C2C(C)(C)C12OC(C)=O. The van der Waals surface area contributed by atoms with Crippen LogP contribution in [0.5, 0.6) is 0 Å². The molecule has 40 heavy (non-hydrogen) atoms. The molecule has 4 aliphatic carbocycles. The third-order valence-electron chi connectivity index (χ3n) is 10.5. The maximum absolute atomic E-state index is 13.2. The first-order chi connectivity index (χ1) is 18.7. The number of hydrogen-bond donors (Lipinski definition) is 3. The van der Waals surface area contributed by atoms with Crippen molar-refractivity contribution in [2.75, 3.05) is 6.61 Å². The lowest BCUT2D eigenvalue weighted by atomic mass is 9.59. The van der Waals surface area contributed by atoms with Crippen molar-refractivity contribution in [2.45, 2.75) is 122 Å². The van der Waals surface area contributed by atoms with Gasteiger partial charge in [-0.05, 0) is 24.5 Å². The Bertz CT molecular complexity index is 1090. The number of ketones is 1. The van der Waals surface area contributed by atoms with Gasteiger partial charge in [-0.25, -0.2) is 0 Å². The van der Waals surface area contributed by atoms with Crippen molar-refractivity contribution < 1.29 is 39.2 Å². The summed E-state index contributed by atoms with van der Waals surface area (Å²) in [7, 11) is 0. The maximum Gasteiger partial charge on any atom is 0.306 e. The van der Waals surface area contributed by atoms with E-state index in [0.717, 1.165) is 19.3 Å². The molecule has 0 aromatic carbocycles. The summed E-state index contributed by atoms with van der Waals surface area (Å²) in [5.41, 5.74) is -4.70. The molecule has 224 valence electrons. The number of carbonyl (C=O) groups excluding carboxylic acids is 3. The molecule has 2 saturated carbocycles. The molecule has 0 bridgehead atoms. The number of aliphatic hydroxyl groups excluding tert-OH is 1. The Morgan fingerprint density at radius 1 is 1.05 bits per heavy atom. The average molecular weight is 561 g/mol. The van der Waals surface area contributed by atoms with E-state index < -0.39 is 69.7 Å². The summed E-state index contributed by atoms with van der Waals surface area (Å²) in [6.07, 6.45) is 9.92. The van der Waals surface area contributed by atoms with Gasteiger partial charge in [-0.2, -0.15) is 0 Å². The van der Waals surface area contributed by atoms with Crippen LogP contribution in [-0.4, -0.2) is 62.6 Å². The lowest BCUT2D eigenvalue weighted by Gasteiger charge is -2.53. The van der Waals surface area contributed by atoms with E-state index in [1.807, 2.05) is 13.8 Å². The van der Waals surface area contributed by atoms with Gasteiger partial charge < -0.3 is 24.8 Å². The van der Waals surface area contributed by atoms with Gasteiger partial charge in [0.2, 0.25) is 0 Å². The summed E-state index contributed by atoms with van der Waals surface area (Å²) in [6.45, 7) is 10.3. The van der Waals surface area contributed by atoms with Gasteiger partial charge in [0.05, 0.1) is 12.2 Å². The second kappa shape index (κ2) is 11.0. The van der Waals surface area contributed by atoms with E-state index in [4.69, 9.17) is 9.47 Å². The van der Waals surface area contributed by atoms with Gasteiger partial charge in [0.25, 0.3) is 0 Å². The molecule has 0 aromatic heterocycles. The molecule has 8 atom stereocenters. The normalized spacial score (nSPS) is 39.2. The number of rotatable bonds is 11. The lowest BCUT2D eigenvalue weighted by molar-refractivity contribution is -0.228. The highest BCUT2D eigenvalue weighted by Gasteiger charge is 2.87. The van der Waals surface area contributed by atoms with Gasteiger partial charge >= 0.3 is 11.9 Å². The van der Waals surface area contributed by atoms with Crippen LogP contribution >= 0.6 is 0 Å². The molecule has 3 N–H and O–H groups in total. The second-order valence-corrected chi connectivity index (χ2v) is 13.3. The summed E-state index contributed by atoms with van der Waals surface area (Å²) in [4.78, 5) is 38.9. The zero-order valence-corrected chi connectivity index (χ0v) is 25.0. The molecule has 0 aromatic rings. The van der Waals surface area contributed by atoms with Crippen LogP contribution in [0.1, 0.15) is 99.3 Å². The highest BCUT2D eigenvalue weighted by atomic mass is 16.6. The highest BCUT2D eigenvalue weighted by molar-refractivity contribution is 6.04. The number of esters is 2. The molecule has 0 aliphatic heterocycles. The quantitative estimate of drug-likeness (QED) is 0.195. The minimum Gasteiger partial charge on any atom is -0.458 e. The van der Waals surface area contributed by atoms with Crippen LogP contribution in [0, 0.1) is 29.1 Å². The molecule has 8 heteroatoms. The lowest BCUT2D eigenvalue weighted by Crippen LogP contribution is -2.66. The Kier molecular flexibility index (Phi) is 8.50. The molecule has 8 unspecified atom stereocenters. The Hall–Kier alpha value is -2.03. The van der Waals surface area contributed by atoms with E-state index in [9.17, 15) is 29.7 Å². The monoisotopic (exact) mass is 560 g/mol. The van der Waals surface area contributed by atoms with Crippen molar-refractivity contribution in [1.29, 1.82) is 0 Å². The Balaban J connectivity index is 1.69. The number of hydrogen-bond acceptors (Lipinski definition) is 8. The van der Waals surface area contributed by atoms with Crippen LogP contribution in [0.15, 0.2) is 23.3 Å². The first-order valence-electron chi connectivity index (χ1n) is 15.1. The summed E-state index contributed by atoms with van der Waals surface area (Å²) in [6, 6.07) is 0. The predicted octanol–water partition coefficient (Wildman–Crippen LogP) is 4.19. The van der Waals surface area contributed by atoms with Gasteiger partial charge in [-0.15, -0.1) is 0 Å². The van der Waals surface area contributed by atoms with Crippen LogP contribution < -0.4 is 0 Å². The number of ether oxygens (including phenoxy) is 2. The van der Waals surface area contributed by atoms with Crippen molar-refractivity contribution in [1.82, 2.24) is 0 Å². The fourth-order valence-electron chi connectivity index (χ4n) is 8.49. The molecule has 0 heterocycles. The number of Topliss-reactive ketones (excluding diaryl/α,β-unsaturated/α-hetero) is 1. The smallest absolute Gasteiger partial charge is 0.306 e. The van der Waals surface area contributed by atoms with Gasteiger partial charge in [-0.3, -0.25) is 14.4 Å². The molecule has 0 spiro atoms. The van der Waals surface area contributed by atoms with Gasteiger partial charge in [0.15, 0.2) is 11.4 Å². The van der Waals surface area contributed by atoms with Crippen LogP contribution in [0.25, 0.3) is 0 Å². The van der Waals surface area contributed by atoms with Gasteiger partial charge in [-0.1, -0.05) is 78.4 Å². The summed E-state index contributed by atoms with van der Waals surface area (Å²) in [5, 5.41) is 34.6. The summed E-state index contributed by atoms with van der Waals surface area (Å²) < 4.78 is 12.2. The Morgan fingerprint density at radius 3 is 2.27 bits per heavy atom. The number of fused-ring (bicyclic) bond motifs is 5. The predicted molar refractivity (Wildman–Crippen MR) is 149 cm³/mol. The summed E-state index contributed by atoms with van der Waals surface area (Å²) in [5.74, 6) is -4.30. The topological polar surface area (TPSA) is 130 Å². The minimum atomic E-state index is -1.93. The fraction of sp³-hybridized carbons (Fsp3) is 0.781. The van der Waals surface area contributed by atoms with E-state index in [2.05, 4.69) is 6.92 Å². The maximum atomic E-state index is 13.2. The van der Waals surface area contributed by atoms with Crippen LogP contribution in [0.4, 0.5) is 0 Å². The van der Waals surface area contributed by atoms with E-state index in [1.165, 1.54) is 26.2 Å². The molecule has 0 radical (unpaired) electrons. The Labute approximate surface area is 238 Å². The zero-order chi connectivity index (χ0) is 29.7. The van der Waals surface area contributed by atoms with Crippen LogP contribution in [-0.2, 0) is 23.9 Å².